The first-order valence-corrected chi connectivity index (χ1v) is 20.1. The molecule has 314 valence electrons. The number of benzene rings is 4. The number of amides is 3. The third-order valence-corrected chi connectivity index (χ3v) is 10.9. The van der Waals surface area contributed by atoms with Crippen molar-refractivity contribution in [1.82, 2.24) is 14.9 Å². The fourth-order valence-corrected chi connectivity index (χ4v) is 7.29. The molecule has 3 atom stereocenters. The number of sulfonamides is 1. The number of hydrogen-bond acceptors (Lipinski definition) is 10. The van der Waals surface area contributed by atoms with Gasteiger partial charge in [0.15, 0.2) is 0 Å². The number of ether oxygens (including phenoxy) is 2. The fraction of sp³-hybridized carbons (Fsp3) is 0.268. The number of aldehydes is 1. The zero-order valence-electron chi connectivity index (χ0n) is 32.1. The second-order valence-electron chi connectivity index (χ2n) is 13.2. The van der Waals surface area contributed by atoms with Crippen molar-refractivity contribution in [2.45, 2.75) is 62.8 Å². The number of carbonyl (C=O) groups excluding carboxylic acids is 4. The SMILES string of the molecule is CC(C)C[C@H](NC(=O)OCc1ccccc1)C(=O)N[C@@H](Cc1ccccc1)C(=O)O.CN(C(=O)OCc1ccccc1)S(=O)(=O)c1ccc(Cl)c(C(C=O)C(=O)O)c1Cl. The number of nitrogens with one attached hydrogen (secondary N) is 2. The largest absolute Gasteiger partial charge is 0.480 e. The Balaban J connectivity index is 0.000000316. The number of hydrogen-bond donors (Lipinski definition) is 4. The van der Waals surface area contributed by atoms with E-state index in [0.29, 0.717) is 16.3 Å². The molecular weight excluding hydrogens is 829 g/mol. The Bertz CT molecular complexity index is 2180. The Labute approximate surface area is 351 Å². The van der Waals surface area contributed by atoms with Gasteiger partial charge in [-0.2, -0.15) is 0 Å². The topological polar surface area (TPSA) is 223 Å². The second-order valence-corrected chi connectivity index (χ2v) is 15.9. The van der Waals surface area contributed by atoms with Crippen LogP contribution in [0.4, 0.5) is 9.59 Å². The van der Waals surface area contributed by atoms with E-state index in [2.05, 4.69) is 10.6 Å². The van der Waals surface area contributed by atoms with Crippen LogP contribution in [0.1, 0.15) is 48.4 Å². The van der Waals surface area contributed by atoms with E-state index < -0.39 is 68.0 Å². The van der Waals surface area contributed by atoms with Crippen molar-refractivity contribution in [3.63, 3.8) is 0 Å². The van der Waals surface area contributed by atoms with Crippen molar-refractivity contribution in [3.05, 3.63) is 135 Å². The summed E-state index contributed by atoms with van der Waals surface area (Å²) in [6, 6.07) is 26.9. The van der Waals surface area contributed by atoms with Crippen molar-refractivity contribution in [2.75, 3.05) is 7.05 Å². The molecule has 4 rings (SSSR count). The highest BCUT2D eigenvalue weighted by Crippen LogP contribution is 2.37. The lowest BCUT2D eigenvalue weighted by molar-refractivity contribution is -0.142. The maximum Gasteiger partial charge on any atom is 0.423 e. The number of halogens is 2. The lowest BCUT2D eigenvalue weighted by atomic mass is 10.0. The van der Waals surface area contributed by atoms with Crippen molar-refractivity contribution in [3.8, 4) is 0 Å². The van der Waals surface area contributed by atoms with Crippen LogP contribution < -0.4 is 10.6 Å². The van der Waals surface area contributed by atoms with E-state index in [1.807, 2.05) is 62.4 Å². The Morgan fingerprint density at radius 3 is 1.71 bits per heavy atom. The average Bonchev–Trinajstić information content (AvgIpc) is 3.20. The number of nitrogens with zero attached hydrogens (tertiary/aromatic N) is 1. The zero-order chi connectivity index (χ0) is 43.7. The summed E-state index contributed by atoms with van der Waals surface area (Å²) in [5.41, 5.74) is 1.88. The molecule has 0 aliphatic heterocycles. The molecule has 0 bridgehead atoms. The lowest BCUT2D eigenvalue weighted by Gasteiger charge is -2.22. The van der Waals surface area contributed by atoms with E-state index in [1.54, 1.807) is 42.5 Å². The van der Waals surface area contributed by atoms with E-state index in [0.717, 1.165) is 30.3 Å². The molecule has 0 radical (unpaired) electrons. The molecule has 0 aliphatic carbocycles. The standard InChI is InChI=1S/C23H28N2O5.C18H15Cl2NO7S/c1-16(2)13-19(25-23(29)30-15-18-11-7-4-8-12-18)21(26)24-20(22(27)28)14-17-9-5-3-6-10-17;1-21(18(25)28-10-11-5-3-2-4-6-11)29(26,27)14-8-7-13(19)15(16(14)20)12(9-22)17(23)24/h3-12,16,19-20H,13-15H2,1-2H3,(H,24,26)(H,25,29)(H,27,28);2-9,12H,10H2,1H3,(H,23,24)/t19-,20-;/m0./s1. The maximum absolute atomic E-state index is 12.8. The number of carbonyl (C=O) groups is 6. The molecule has 4 aromatic rings. The first-order valence-electron chi connectivity index (χ1n) is 17.9. The summed E-state index contributed by atoms with van der Waals surface area (Å²) in [7, 11) is -3.56. The fourth-order valence-electron chi connectivity index (χ4n) is 5.27. The highest BCUT2D eigenvalue weighted by molar-refractivity contribution is 7.89. The Kier molecular flexibility index (Phi) is 18.3. The van der Waals surface area contributed by atoms with Gasteiger partial charge in [-0.05, 0) is 41.2 Å². The number of carboxylic acids is 2. The van der Waals surface area contributed by atoms with Crippen molar-refractivity contribution < 1.29 is 56.9 Å². The molecule has 0 heterocycles. The van der Waals surface area contributed by atoms with Gasteiger partial charge in [0.25, 0.3) is 10.0 Å². The lowest BCUT2D eigenvalue weighted by Crippen LogP contribution is -2.52. The number of rotatable bonds is 17. The molecule has 0 fully saturated rings. The van der Waals surface area contributed by atoms with Gasteiger partial charge in [-0.25, -0.2) is 27.1 Å². The number of carboxylic acid groups (broad SMARTS) is 2. The number of alkyl carbamates (subject to hydrolysis) is 1. The van der Waals surface area contributed by atoms with Gasteiger partial charge in [-0.1, -0.05) is 128 Å². The van der Waals surface area contributed by atoms with Crippen LogP contribution >= 0.6 is 23.2 Å². The summed E-state index contributed by atoms with van der Waals surface area (Å²) in [5.74, 6) is -4.92. The number of aliphatic carboxylic acids is 2. The van der Waals surface area contributed by atoms with Crippen LogP contribution in [0.5, 0.6) is 0 Å². The molecule has 3 amide bonds. The van der Waals surface area contributed by atoms with E-state index in [9.17, 15) is 42.3 Å². The van der Waals surface area contributed by atoms with Crippen molar-refractivity contribution in [2.24, 2.45) is 5.92 Å². The molecule has 1 unspecified atom stereocenters. The van der Waals surface area contributed by atoms with Gasteiger partial charge >= 0.3 is 24.1 Å². The smallest absolute Gasteiger partial charge is 0.423 e. The summed E-state index contributed by atoms with van der Waals surface area (Å²) in [4.78, 5) is 70.6. The van der Waals surface area contributed by atoms with Crippen LogP contribution in [0, 0.1) is 5.92 Å². The van der Waals surface area contributed by atoms with E-state index in [-0.39, 0.29) is 42.4 Å². The average molecular weight is 873 g/mol. The van der Waals surface area contributed by atoms with Crippen LogP contribution in [-0.4, -0.2) is 78.4 Å². The molecule has 15 nitrogen and oxygen atoms in total. The monoisotopic (exact) mass is 871 g/mol. The minimum atomic E-state index is -4.52. The molecule has 0 spiro atoms. The van der Waals surface area contributed by atoms with Crippen LogP contribution in [0.25, 0.3) is 0 Å². The third kappa shape index (κ3) is 14.4. The van der Waals surface area contributed by atoms with Crippen molar-refractivity contribution in [1.29, 1.82) is 0 Å². The summed E-state index contributed by atoms with van der Waals surface area (Å²) >= 11 is 12.0. The van der Waals surface area contributed by atoms with E-state index in [1.165, 1.54) is 0 Å². The summed E-state index contributed by atoms with van der Waals surface area (Å²) in [6.07, 6.45) is -1.33. The van der Waals surface area contributed by atoms with Gasteiger partial charge in [0.05, 0.1) is 5.02 Å². The van der Waals surface area contributed by atoms with E-state index in [4.69, 9.17) is 37.8 Å². The highest BCUT2D eigenvalue weighted by atomic mass is 35.5. The van der Waals surface area contributed by atoms with Gasteiger partial charge < -0.3 is 35.1 Å². The Hall–Kier alpha value is -5.97. The van der Waals surface area contributed by atoms with Gasteiger partial charge in [0.2, 0.25) is 5.91 Å². The summed E-state index contributed by atoms with van der Waals surface area (Å²) < 4.78 is 36.1. The summed E-state index contributed by atoms with van der Waals surface area (Å²) in [6.45, 7) is 3.74. The first-order chi connectivity index (χ1) is 28.0. The Morgan fingerprint density at radius 2 is 1.24 bits per heavy atom. The van der Waals surface area contributed by atoms with Gasteiger partial charge in [0, 0.05) is 24.1 Å². The maximum atomic E-state index is 12.8. The molecule has 0 aromatic heterocycles. The zero-order valence-corrected chi connectivity index (χ0v) is 34.4. The molecule has 4 N–H and O–H groups in total. The highest BCUT2D eigenvalue weighted by Gasteiger charge is 2.34. The summed E-state index contributed by atoms with van der Waals surface area (Å²) in [5, 5.41) is 23.0. The minimum absolute atomic E-state index is 0.0731. The second kappa shape index (κ2) is 22.8. The normalized spacial score (nSPS) is 12.4. The third-order valence-electron chi connectivity index (χ3n) is 8.33. The van der Waals surface area contributed by atoms with Crippen LogP contribution in [0.3, 0.4) is 0 Å². The predicted octanol–water partition coefficient (Wildman–Crippen LogP) is 6.46. The van der Waals surface area contributed by atoms with Crippen LogP contribution in [0.15, 0.2) is 108 Å². The molecule has 59 heavy (non-hydrogen) atoms. The Morgan fingerprint density at radius 1 is 0.729 bits per heavy atom. The quantitative estimate of drug-likeness (QED) is 0.0663. The van der Waals surface area contributed by atoms with E-state index >= 15 is 0 Å². The van der Waals surface area contributed by atoms with Gasteiger partial charge in [-0.3, -0.25) is 9.59 Å². The first kappa shape index (κ1) is 47.4. The van der Waals surface area contributed by atoms with Crippen molar-refractivity contribution >= 4 is 69.5 Å². The molecular formula is C41H43Cl2N3O12S. The molecule has 18 heteroatoms. The molecule has 0 aliphatic rings. The molecule has 0 saturated heterocycles. The van der Waals surface area contributed by atoms with Crippen LogP contribution in [-0.2, 0) is 58.3 Å². The predicted molar refractivity (Wildman–Crippen MR) is 217 cm³/mol. The minimum Gasteiger partial charge on any atom is -0.480 e. The van der Waals surface area contributed by atoms with Crippen LogP contribution in [0.2, 0.25) is 10.0 Å². The molecule has 4 aromatic carbocycles. The van der Waals surface area contributed by atoms with Gasteiger partial charge in [-0.15, -0.1) is 0 Å². The van der Waals surface area contributed by atoms with Gasteiger partial charge in [0.1, 0.15) is 42.4 Å². The molecule has 0 saturated carbocycles.